The Balaban J connectivity index is 2.83. The summed E-state index contributed by atoms with van der Waals surface area (Å²) >= 11 is 0. The second kappa shape index (κ2) is 8.54. The monoisotopic (exact) mass is 315 g/mol. The highest BCUT2D eigenvalue weighted by Gasteiger charge is 2.15. The van der Waals surface area contributed by atoms with E-state index in [9.17, 15) is 8.42 Å². The fourth-order valence-corrected chi connectivity index (χ4v) is 3.18. The Morgan fingerprint density at radius 2 is 1.90 bits per heavy atom. The molecule has 5 nitrogen and oxygen atoms in total. The van der Waals surface area contributed by atoms with Gasteiger partial charge < -0.3 is 5.32 Å². The molecule has 0 spiro atoms. The van der Waals surface area contributed by atoms with Crippen molar-refractivity contribution in [3.63, 3.8) is 0 Å². The Morgan fingerprint density at radius 3 is 2.43 bits per heavy atom. The van der Waals surface area contributed by atoms with Gasteiger partial charge in [0.15, 0.2) is 0 Å². The number of sulfone groups is 1. The molecule has 0 aromatic carbocycles. The summed E-state index contributed by atoms with van der Waals surface area (Å²) in [5.74, 6) is 0.223. The summed E-state index contributed by atoms with van der Waals surface area (Å²) in [4.78, 5) is 0. The molecule has 0 aliphatic carbocycles. The minimum absolute atomic E-state index is 0.223. The summed E-state index contributed by atoms with van der Waals surface area (Å²) in [5, 5.41) is 8.12. The molecule has 1 aromatic heterocycles. The SMILES string of the molecule is CCCNCc1c(CC)nn(CCCS(C)(=O)=O)c1CC. The summed E-state index contributed by atoms with van der Waals surface area (Å²) in [6.07, 6.45) is 4.86. The van der Waals surface area contributed by atoms with Crippen molar-refractivity contribution in [3.05, 3.63) is 17.0 Å². The van der Waals surface area contributed by atoms with Crippen LogP contribution in [0.4, 0.5) is 0 Å². The summed E-state index contributed by atoms with van der Waals surface area (Å²) in [6.45, 7) is 8.94. The average Bonchev–Trinajstić information content (AvgIpc) is 2.75. The van der Waals surface area contributed by atoms with Crippen LogP contribution < -0.4 is 5.32 Å². The summed E-state index contributed by atoms with van der Waals surface area (Å²) in [7, 11) is -2.89. The molecule has 0 saturated carbocycles. The molecule has 6 heteroatoms. The van der Waals surface area contributed by atoms with Gasteiger partial charge in [-0.15, -0.1) is 0 Å². The molecule has 0 aliphatic rings. The van der Waals surface area contributed by atoms with Crippen molar-refractivity contribution in [2.45, 2.75) is 59.5 Å². The van der Waals surface area contributed by atoms with Crippen molar-refractivity contribution in [2.75, 3.05) is 18.6 Å². The zero-order chi connectivity index (χ0) is 15.9. The predicted molar refractivity (Wildman–Crippen MR) is 87.3 cm³/mol. The number of nitrogens with one attached hydrogen (secondary N) is 1. The number of hydrogen-bond donors (Lipinski definition) is 1. The van der Waals surface area contributed by atoms with E-state index in [0.29, 0.717) is 13.0 Å². The maximum atomic E-state index is 11.2. The fourth-order valence-electron chi connectivity index (χ4n) is 2.52. The fraction of sp³-hybridized carbons (Fsp3) is 0.800. The molecule has 0 atom stereocenters. The maximum absolute atomic E-state index is 11.2. The predicted octanol–water partition coefficient (Wildman–Crippen LogP) is 1.94. The molecule has 21 heavy (non-hydrogen) atoms. The minimum Gasteiger partial charge on any atom is -0.313 e. The number of hydrogen-bond acceptors (Lipinski definition) is 4. The molecular formula is C15H29N3O2S. The van der Waals surface area contributed by atoms with Crippen molar-refractivity contribution in [3.8, 4) is 0 Å². The quantitative estimate of drug-likeness (QED) is 0.670. The lowest BCUT2D eigenvalue weighted by Gasteiger charge is -2.08. The van der Waals surface area contributed by atoms with Gasteiger partial charge in [0.25, 0.3) is 0 Å². The van der Waals surface area contributed by atoms with Gasteiger partial charge in [0, 0.05) is 30.6 Å². The summed E-state index contributed by atoms with van der Waals surface area (Å²) in [6, 6.07) is 0. The molecule has 1 heterocycles. The maximum Gasteiger partial charge on any atom is 0.147 e. The Morgan fingerprint density at radius 1 is 1.19 bits per heavy atom. The van der Waals surface area contributed by atoms with E-state index in [-0.39, 0.29) is 5.75 Å². The van der Waals surface area contributed by atoms with E-state index < -0.39 is 9.84 Å². The third-order valence-electron chi connectivity index (χ3n) is 3.53. The van der Waals surface area contributed by atoms with Crippen LogP contribution >= 0.6 is 0 Å². The second-order valence-corrected chi connectivity index (χ2v) is 7.72. The van der Waals surface area contributed by atoms with Gasteiger partial charge >= 0.3 is 0 Å². The molecule has 0 bridgehead atoms. The standard InChI is InChI=1S/C15H29N3O2S/c1-5-9-16-12-13-14(6-2)17-18(15(13)7-3)10-8-11-21(4,19)20/h16H,5-12H2,1-4H3. The molecule has 0 saturated heterocycles. The highest BCUT2D eigenvalue weighted by molar-refractivity contribution is 7.90. The molecule has 1 N–H and O–H groups in total. The van der Waals surface area contributed by atoms with Gasteiger partial charge in [-0.2, -0.15) is 5.10 Å². The van der Waals surface area contributed by atoms with Gasteiger partial charge in [-0.05, 0) is 32.2 Å². The third kappa shape index (κ3) is 5.79. The smallest absolute Gasteiger partial charge is 0.147 e. The number of aromatic nitrogens is 2. The Bertz CT molecular complexity index is 535. The minimum atomic E-state index is -2.89. The molecule has 0 amide bonds. The van der Waals surface area contributed by atoms with Crippen LogP contribution in [0.2, 0.25) is 0 Å². The van der Waals surface area contributed by atoms with Crippen LogP contribution in [0.3, 0.4) is 0 Å². The molecule has 1 aromatic rings. The number of rotatable bonds is 10. The molecule has 0 fully saturated rings. The largest absolute Gasteiger partial charge is 0.313 e. The van der Waals surface area contributed by atoms with E-state index in [1.807, 2.05) is 4.68 Å². The van der Waals surface area contributed by atoms with E-state index in [2.05, 4.69) is 31.2 Å². The van der Waals surface area contributed by atoms with Crippen LogP contribution in [0.1, 0.15) is 50.6 Å². The first kappa shape index (κ1) is 18.2. The van der Waals surface area contributed by atoms with Crippen LogP contribution in [-0.4, -0.2) is 36.8 Å². The lowest BCUT2D eigenvalue weighted by atomic mass is 10.1. The topological polar surface area (TPSA) is 64.0 Å². The zero-order valence-corrected chi connectivity index (χ0v) is 14.6. The van der Waals surface area contributed by atoms with Gasteiger partial charge in [-0.3, -0.25) is 4.68 Å². The molecule has 1 rings (SSSR count). The van der Waals surface area contributed by atoms with Crippen LogP contribution in [0.5, 0.6) is 0 Å². The van der Waals surface area contributed by atoms with Crippen LogP contribution in [0, 0.1) is 0 Å². The Kier molecular flexibility index (Phi) is 7.39. The van der Waals surface area contributed by atoms with E-state index in [0.717, 1.165) is 38.0 Å². The first-order valence-corrected chi connectivity index (χ1v) is 9.94. The summed E-state index contributed by atoms with van der Waals surface area (Å²) < 4.78 is 24.5. The van der Waals surface area contributed by atoms with Crippen molar-refractivity contribution >= 4 is 9.84 Å². The molecule has 0 unspecified atom stereocenters. The zero-order valence-electron chi connectivity index (χ0n) is 13.8. The Labute approximate surface area is 129 Å². The average molecular weight is 315 g/mol. The van der Waals surface area contributed by atoms with Gasteiger partial charge in [0.2, 0.25) is 0 Å². The van der Waals surface area contributed by atoms with Crippen LogP contribution in [-0.2, 0) is 35.8 Å². The van der Waals surface area contributed by atoms with Crippen molar-refractivity contribution in [1.29, 1.82) is 0 Å². The summed E-state index contributed by atoms with van der Waals surface area (Å²) in [5.41, 5.74) is 3.67. The van der Waals surface area contributed by atoms with E-state index in [1.54, 1.807) is 0 Å². The number of aryl methyl sites for hydroxylation is 2. The molecule has 122 valence electrons. The van der Waals surface area contributed by atoms with Crippen molar-refractivity contribution in [2.24, 2.45) is 0 Å². The normalized spacial score (nSPS) is 12.0. The second-order valence-electron chi connectivity index (χ2n) is 5.46. The third-order valence-corrected chi connectivity index (χ3v) is 4.56. The first-order chi connectivity index (χ1) is 9.92. The van der Waals surface area contributed by atoms with E-state index >= 15 is 0 Å². The lowest BCUT2D eigenvalue weighted by molar-refractivity contribution is 0.558. The molecule has 0 aliphatic heterocycles. The Hall–Kier alpha value is -0.880. The van der Waals surface area contributed by atoms with Crippen molar-refractivity contribution < 1.29 is 8.42 Å². The molecule has 0 radical (unpaired) electrons. The van der Waals surface area contributed by atoms with Crippen molar-refractivity contribution in [1.82, 2.24) is 15.1 Å². The van der Waals surface area contributed by atoms with Crippen LogP contribution in [0.25, 0.3) is 0 Å². The van der Waals surface area contributed by atoms with Crippen LogP contribution in [0.15, 0.2) is 0 Å². The van der Waals surface area contributed by atoms with Gasteiger partial charge in [0.05, 0.1) is 11.4 Å². The number of nitrogens with zero attached hydrogens (tertiary/aromatic N) is 2. The van der Waals surface area contributed by atoms with E-state index in [4.69, 9.17) is 0 Å². The van der Waals surface area contributed by atoms with E-state index in [1.165, 1.54) is 17.5 Å². The molecular weight excluding hydrogens is 286 g/mol. The van der Waals surface area contributed by atoms with Gasteiger partial charge in [-0.1, -0.05) is 20.8 Å². The lowest BCUT2D eigenvalue weighted by Crippen LogP contribution is -2.16. The van der Waals surface area contributed by atoms with Gasteiger partial charge in [0.1, 0.15) is 9.84 Å². The highest BCUT2D eigenvalue weighted by atomic mass is 32.2. The highest BCUT2D eigenvalue weighted by Crippen LogP contribution is 2.17. The first-order valence-electron chi connectivity index (χ1n) is 7.88. The van der Waals surface area contributed by atoms with Gasteiger partial charge in [-0.25, -0.2) is 8.42 Å².